The first-order valence-corrected chi connectivity index (χ1v) is 11.4. The van der Waals surface area contributed by atoms with Crippen molar-refractivity contribution in [3.63, 3.8) is 0 Å². The van der Waals surface area contributed by atoms with E-state index in [1.807, 2.05) is 34.9 Å². The van der Waals surface area contributed by atoms with Gasteiger partial charge in [0.1, 0.15) is 6.61 Å². The highest BCUT2D eigenvalue weighted by molar-refractivity contribution is 8.01. The maximum absolute atomic E-state index is 12.3. The van der Waals surface area contributed by atoms with Gasteiger partial charge in [0.05, 0.1) is 5.75 Å². The summed E-state index contributed by atoms with van der Waals surface area (Å²) >= 11 is 4.33. The minimum Gasteiger partial charge on any atom is -0.377 e. The molecule has 1 N–H and O–H groups in total. The van der Waals surface area contributed by atoms with Gasteiger partial charge in [0, 0.05) is 18.6 Å². The van der Waals surface area contributed by atoms with Crippen LogP contribution >= 0.6 is 34.9 Å². The zero-order chi connectivity index (χ0) is 19.8. The van der Waals surface area contributed by atoms with Crippen molar-refractivity contribution in [2.45, 2.75) is 29.4 Å². The van der Waals surface area contributed by atoms with Crippen LogP contribution in [0.25, 0.3) is 5.69 Å². The van der Waals surface area contributed by atoms with E-state index in [1.54, 1.807) is 18.9 Å². The van der Waals surface area contributed by atoms with Crippen molar-refractivity contribution in [1.82, 2.24) is 25.0 Å². The van der Waals surface area contributed by atoms with E-state index in [4.69, 9.17) is 4.74 Å². The van der Waals surface area contributed by atoms with E-state index >= 15 is 0 Å². The van der Waals surface area contributed by atoms with Crippen molar-refractivity contribution in [2.75, 3.05) is 23.9 Å². The lowest BCUT2D eigenvalue weighted by molar-refractivity contribution is -0.113. The number of ether oxygens (including phenoxy) is 1. The highest BCUT2D eigenvalue weighted by Gasteiger charge is 2.16. The summed E-state index contributed by atoms with van der Waals surface area (Å²) in [4.78, 5) is 12.3. The minimum absolute atomic E-state index is 0.163. The second kappa shape index (κ2) is 10.6. The molecule has 8 nitrogen and oxygen atoms in total. The lowest BCUT2D eigenvalue weighted by Crippen LogP contribution is -2.14. The molecule has 0 aliphatic rings. The summed E-state index contributed by atoms with van der Waals surface area (Å²) in [6, 6.07) is 9.75. The Hall–Kier alpha value is -1.95. The Kier molecular flexibility index (Phi) is 7.83. The van der Waals surface area contributed by atoms with Gasteiger partial charge in [-0.15, -0.1) is 20.4 Å². The van der Waals surface area contributed by atoms with Crippen molar-refractivity contribution in [3.8, 4) is 5.69 Å². The van der Waals surface area contributed by atoms with Crippen molar-refractivity contribution >= 4 is 45.9 Å². The average Bonchev–Trinajstić information content (AvgIpc) is 3.32. The zero-order valence-corrected chi connectivity index (χ0v) is 17.9. The standard InChI is InChI=1S/C17H20N6O2S3/c1-3-9-26-17-22-20-15(28-17)18-14(24)11-27-16-21-19-13(10-25-2)23(16)12-7-5-4-6-8-12/h4-8H,3,9-11H2,1-2H3,(H,18,20,24). The molecule has 0 bridgehead atoms. The molecule has 0 radical (unpaired) electrons. The number of para-hydroxylation sites is 1. The summed E-state index contributed by atoms with van der Waals surface area (Å²) < 4.78 is 7.96. The topological polar surface area (TPSA) is 94.8 Å². The average molecular weight is 437 g/mol. The van der Waals surface area contributed by atoms with Gasteiger partial charge in [-0.3, -0.25) is 14.7 Å². The molecule has 0 saturated heterocycles. The fraction of sp³-hybridized carbons (Fsp3) is 0.353. The van der Waals surface area contributed by atoms with Crippen LogP contribution in [0.2, 0.25) is 0 Å². The van der Waals surface area contributed by atoms with E-state index in [-0.39, 0.29) is 11.7 Å². The van der Waals surface area contributed by atoms with Crippen molar-refractivity contribution in [3.05, 3.63) is 36.2 Å². The number of hydrogen-bond acceptors (Lipinski definition) is 9. The largest absolute Gasteiger partial charge is 0.377 e. The summed E-state index contributed by atoms with van der Waals surface area (Å²) in [5.41, 5.74) is 0.921. The van der Waals surface area contributed by atoms with Crippen LogP contribution in [0, 0.1) is 0 Å². The lowest BCUT2D eigenvalue weighted by Gasteiger charge is -2.09. The number of methoxy groups -OCH3 is 1. The molecule has 0 spiro atoms. The Morgan fingerprint density at radius 3 is 2.75 bits per heavy atom. The summed E-state index contributed by atoms with van der Waals surface area (Å²) in [5.74, 6) is 1.69. The monoisotopic (exact) mass is 436 g/mol. The van der Waals surface area contributed by atoms with E-state index < -0.39 is 0 Å². The molecule has 11 heteroatoms. The Balaban J connectivity index is 1.64. The SMILES string of the molecule is CCCSc1nnc(NC(=O)CSc2nnc(COC)n2-c2ccccc2)s1. The minimum atomic E-state index is -0.163. The molecule has 1 amide bonds. The molecule has 0 saturated carbocycles. The summed E-state index contributed by atoms with van der Waals surface area (Å²) in [6.07, 6.45) is 1.07. The van der Waals surface area contributed by atoms with Crippen LogP contribution in [0.1, 0.15) is 19.2 Å². The second-order valence-electron chi connectivity index (χ2n) is 5.56. The molecule has 0 fully saturated rings. The van der Waals surface area contributed by atoms with E-state index in [9.17, 15) is 4.79 Å². The number of hydrogen-bond donors (Lipinski definition) is 1. The smallest absolute Gasteiger partial charge is 0.236 e. The first kappa shape index (κ1) is 20.8. The number of nitrogens with one attached hydrogen (secondary N) is 1. The molecule has 148 valence electrons. The highest BCUT2D eigenvalue weighted by atomic mass is 32.2. The number of aromatic nitrogens is 5. The predicted octanol–water partition coefficient (Wildman–Crippen LogP) is 3.50. The predicted molar refractivity (Wildman–Crippen MR) is 112 cm³/mol. The lowest BCUT2D eigenvalue weighted by atomic mass is 10.3. The van der Waals surface area contributed by atoms with Crippen LogP contribution in [0.4, 0.5) is 5.13 Å². The fourth-order valence-corrected chi connectivity index (χ4v) is 4.71. The molecule has 1 aromatic carbocycles. The van der Waals surface area contributed by atoms with E-state index in [0.717, 1.165) is 22.2 Å². The van der Waals surface area contributed by atoms with Crippen molar-refractivity contribution in [2.24, 2.45) is 0 Å². The van der Waals surface area contributed by atoms with Gasteiger partial charge in [-0.1, -0.05) is 60.0 Å². The van der Waals surface area contributed by atoms with Gasteiger partial charge in [-0.05, 0) is 18.6 Å². The van der Waals surface area contributed by atoms with Crippen LogP contribution in [-0.2, 0) is 16.1 Å². The quantitative estimate of drug-likeness (QED) is 0.381. The molecule has 2 aromatic heterocycles. The summed E-state index contributed by atoms with van der Waals surface area (Å²) in [5, 5.41) is 20.4. The van der Waals surface area contributed by atoms with E-state index in [1.165, 1.54) is 23.1 Å². The second-order valence-corrected chi connectivity index (χ2v) is 8.82. The van der Waals surface area contributed by atoms with Crippen LogP contribution < -0.4 is 5.32 Å². The van der Waals surface area contributed by atoms with Crippen molar-refractivity contribution < 1.29 is 9.53 Å². The zero-order valence-electron chi connectivity index (χ0n) is 15.5. The Morgan fingerprint density at radius 1 is 1.18 bits per heavy atom. The number of nitrogens with zero attached hydrogens (tertiary/aromatic N) is 5. The number of amides is 1. The summed E-state index contributed by atoms with van der Waals surface area (Å²) in [6.45, 7) is 2.44. The first-order valence-electron chi connectivity index (χ1n) is 8.59. The van der Waals surface area contributed by atoms with Crippen LogP contribution in [0.15, 0.2) is 39.8 Å². The van der Waals surface area contributed by atoms with Crippen LogP contribution in [0.3, 0.4) is 0 Å². The third-order valence-corrected chi connectivity index (χ3v) is 6.51. The molecule has 0 unspecified atom stereocenters. The van der Waals surface area contributed by atoms with E-state index in [0.29, 0.717) is 22.7 Å². The fourth-order valence-electron chi connectivity index (χ4n) is 2.25. The molecular formula is C17H20N6O2S3. The number of carbonyl (C=O) groups excluding carboxylic acids is 1. The normalized spacial score (nSPS) is 10.9. The molecule has 3 aromatic rings. The van der Waals surface area contributed by atoms with Crippen LogP contribution in [0.5, 0.6) is 0 Å². The third-order valence-electron chi connectivity index (χ3n) is 3.40. The van der Waals surface area contributed by atoms with Gasteiger partial charge < -0.3 is 4.74 Å². The molecule has 2 heterocycles. The molecule has 3 rings (SSSR count). The number of anilines is 1. The first-order chi connectivity index (χ1) is 13.7. The van der Waals surface area contributed by atoms with Gasteiger partial charge in [-0.25, -0.2) is 0 Å². The molecule has 0 aliphatic carbocycles. The Labute approximate surface area is 175 Å². The molecule has 28 heavy (non-hydrogen) atoms. The van der Waals surface area contributed by atoms with Gasteiger partial charge in [0.2, 0.25) is 11.0 Å². The third kappa shape index (κ3) is 5.53. The highest BCUT2D eigenvalue weighted by Crippen LogP contribution is 2.26. The maximum atomic E-state index is 12.3. The number of carbonyl (C=O) groups is 1. The summed E-state index contributed by atoms with van der Waals surface area (Å²) in [7, 11) is 1.61. The number of thioether (sulfide) groups is 2. The van der Waals surface area contributed by atoms with Gasteiger partial charge in [0.15, 0.2) is 15.3 Å². The van der Waals surface area contributed by atoms with Gasteiger partial charge in [-0.2, -0.15) is 0 Å². The molecule has 0 atom stereocenters. The van der Waals surface area contributed by atoms with Gasteiger partial charge in [0.25, 0.3) is 0 Å². The molecule has 0 aliphatic heterocycles. The van der Waals surface area contributed by atoms with Gasteiger partial charge >= 0.3 is 0 Å². The van der Waals surface area contributed by atoms with Crippen LogP contribution in [-0.4, -0.2) is 49.5 Å². The number of benzene rings is 1. The Bertz CT molecular complexity index is 899. The maximum Gasteiger partial charge on any atom is 0.236 e. The van der Waals surface area contributed by atoms with E-state index in [2.05, 4.69) is 32.6 Å². The Morgan fingerprint density at radius 2 is 2.00 bits per heavy atom. The number of rotatable bonds is 10. The van der Waals surface area contributed by atoms with Crippen molar-refractivity contribution in [1.29, 1.82) is 0 Å². The molecular weight excluding hydrogens is 416 g/mol.